The van der Waals surface area contributed by atoms with Crippen molar-refractivity contribution in [1.82, 2.24) is 20.1 Å². The van der Waals surface area contributed by atoms with Crippen molar-refractivity contribution < 1.29 is 14.3 Å². The third-order valence-electron chi connectivity index (χ3n) is 7.32. The van der Waals surface area contributed by atoms with Gasteiger partial charge in [-0.25, -0.2) is 4.98 Å². The largest absolute Gasteiger partial charge is 0.496 e. The van der Waals surface area contributed by atoms with Gasteiger partial charge in [0.05, 0.1) is 19.3 Å². The van der Waals surface area contributed by atoms with Gasteiger partial charge < -0.3 is 15.4 Å². The molecule has 2 aromatic heterocycles. The number of nitrogens with one attached hydrogen (secondary N) is 2. The zero-order chi connectivity index (χ0) is 27.0. The molecule has 0 bridgehead atoms. The number of nitrogens with zero attached hydrogens (tertiary/aromatic N) is 3. The van der Waals surface area contributed by atoms with Gasteiger partial charge in [-0.3, -0.25) is 14.3 Å². The van der Waals surface area contributed by atoms with E-state index in [-0.39, 0.29) is 11.7 Å². The maximum Gasteiger partial charge on any atom is 0.255 e. The fraction of sp³-hybridized carbons (Fsp3) is 0.333. The minimum Gasteiger partial charge on any atom is -0.496 e. The van der Waals surface area contributed by atoms with E-state index in [1.807, 2.05) is 68.8 Å². The van der Waals surface area contributed by atoms with E-state index in [1.54, 1.807) is 13.3 Å². The third-order valence-corrected chi connectivity index (χ3v) is 7.32. The van der Waals surface area contributed by atoms with E-state index < -0.39 is 5.92 Å². The Hall–Kier alpha value is -4.20. The van der Waals surface area contributed by atoms with Crippen LogP contribution in [0.3, 0.4) is 0 Å². The molecule has 5 rings (SSSR count). The Kier molecular flexibility index (Phi) is 6.89. The predicted molar refractivity (Wildman–Crippen MR) is 146 cm³/mol. The molecule has 1 unspecified atom stereocenters. The van der Waals surface area contributed by atoms with Crippen molar-refractivity contribution in [2.75, 3.05) is 12.4 Å². The monoisotopic (exact) mass is 511 g/mol. The van der Waals surface area contributed by atoms with Gasteiger partial charge in [-0.2, -0.15) is 5.10 Å². The second-order valence-corrected chi connectivity index (χ2v) is 10.0. The first kappa shape index (κ1) is 25.4. The number of aryl methyl sites for hydroxylation is 3. The molecule has 0 radical (unpaired) electrons. The van der Waals surface area contributed by atoms with Crippen LogP contribution >= 0.6 is 0 Å². The normalized spacial score (nSPS) is 17.3. The number of hydrogen-bond donors (Lipinski definition) is 2. The summed E-state index contributed by atoms with van der Waals surface area (Å²) in [7, 11) is 1.65. The van der Waals surface area contributed by atoms with E-state index in [2.05, 4.69) is 20.7 Å². The molecule has 1 amide bonds. The van der Waals surface area contributed by atoms with Gasteiger partial charge in [-0.1, -0.05) is 12.1 Å². The van der Waals surface area contributed by atoms with Crippen molar-refractivity contribution in [3.05, 3.63) is 93.2 Å². The number of pyridine rings is 1. The number of allylic oxidation sites excluding steroid dienone is 3. The maximum atomic E-state index is 13.8. The number of anilines is 1. The van der Waals surface area contributed by atoms with Crippen LogP contribution in [-0.2, 0) is 16.1 Å². The quantitative estimate of drug-likeness (QED) is 0.490. The number of Topliss-reactive ketones (excluding diaryl/α,β-unsaturated/α-hetero) is 1. The number of ether oxygens (including phenoxy) is 1. The lowest BCUT2D eigenvalue weighted by Gasteiger charge is -2.34. The summed E-state index contributed by atoms with van der Waals surface area (Å²) in [6.45, 7) is 8.31. The van der Waals surface area contributed by atoms with E-state index >= 15 is 0 Å². The number of carbonyl (C=O) groups is 2. The minimum atomic E-state index is -0.506. The summed E-state index contributed by atoms with van der Waals surface area (Å²) in [5, 5.41) is 11.0. The number of hydrogen-bond acceptors (Lipinski definition) is 6. The van der Waals surface area contributed by atoms with Crippen LogP contribution in [0, 0.1) is 20.8 Å². The van der Waals surface area contributed by atoms with Crippen molar-refractivity contribution in [1.29, 1.82) is 0 Å². The number of benzene rings is 1. The third kappa shape index (κ3) is 4.74. The van der Waals surface area contributed by atoms with E-state index in [0.717, 1.165) is 58.1 Å². The first-order valence-electron chi connectivity index (χ1n) is 12.9. The summed E-state index contributed by atoms with van der Waals surface area (Å²) < 4.78 is 7.63. The van der Waals surface area contributed by atoms with Crippen molar-refractivity contribution in [2.45, 2.75) is 59.4 Å². The Labute approximate surface area is 222 Å². The molecular weight excluding hydrogens is 478 g/mol. The average molecular weight is 512 g/mol. The molecule has 1 aromatic carbocycles. The summed E-state index contributed by atoms with van der Waals surface area (Å²) in [4.78, 5) is 31.5. The number of dihydropyridines is 1. The number of methoxy groups -OCH3 is 1. The lowest BCUT2D eigenvalue weighted by molar-refractivity contribution is -0.116. The van der Waals surface area contributed by atoms with Gasteiger partial charge in [0.25, 0.3) is 5.91 Å². The topological polar surface area (TPSA) is 98.1 Å². The Morgan fingerprint density at radius 2 is 1.97 bits per heavy atom. The van der Waals surface area contributed by atoms with E-state index in [0.29, 0.717) is 29.9 Å². The molecule has 3 aromatic rings. The van der Waals surface area contributed by atoms with Gasteiger partial charge in [0.1, 0.15) is 11.6 Å². The molecule has 196 valence electrons. The number of carbonyl (C=O) groups excluding carboxylic acids is 2. The zero-order valence-corrected chi connectivity index (χ0v) is 22.5. The number of aromatic nitrogens is 3. The maximum absolute atomic E-state index is 13.8. The molecule has 1 aliphatic heterocycles. The van der Waals surface area contributed by atoms with Gasteiger partial charge in [-0.05, 0) is 75.9 Å². The highest BCUT2D eigenvalue weighted by Crippen LogP contribution is 2.43. The Morgan fingerprint density at radius 3 is 2.68 bits per heavy atom. The Morgan fingerprint density at radius 1 is 1.16 bits per heavy atom. The van der Waals surface area contributed by atoms with Crippen LogP contribution in [0.2, 0.25) is 0 Å². The van der Waals surface area contributed by atoms with Gasteiger partial charge in [0.15, 0.2) is 5.78 Å². The molecule has 0 fully saturated rings. The highest BCUT2D eigenvalue weighted by atomic mass is 16.5. The zero-order valence-electron chi connectivity index (χ0n) is 22.5. The summed E-state index contributed by atoms with van der Waals surface area (Å²) in [6.07, 6.45) is 3.70. The molecule has 1 aliphatic carbocycles. The van der Waals surface area contributed by atoms with Crippen LogP contribution in [0.15, 0.2) is 65.1 Å². The summed E-state index contributed by atoms with van der Waals surface area (Å²) in [5.74, 6) is 0.531. The van der Waals surface area contributed by atoms with Gasteiger partial charge in [0.2, 0.25) is 0 Å². The van der Waals surface area contributed by atoms with E-state index in [4.69, 9.17) is 4.74 Å². The molecule has 38 heavy (non-hydrogen) atoms. The predicted octanol–water partition coefficient (Wildman–Crippen LogP) is 4.87. The fourth-order valence-corrected chi connectivity index (χ4v) is 5.51. The molecule has 2 N–H and O–H groups in total. The molecule has 0 saturated carbocycles. The Balaban J connectivity index is 1.61. The standard InChI is InChI=1S/C30H33N5O3/c1-17-8-7-13-31-29(17)33-30(37)26-20(4)32-23-9-6-10-24(36)28(23)27(26)21-11-12-25(38-5)22(15-21)16-35-19(3)14-18(2)34-35/h7-8,11-15,27,32H,6,9-10,16H2,1-5H3,(H,31,33,37). The average Bonchev–Trinajstić information content (AvgIpc) is 3.20. The molecule has 8 heteroatoms. The lowest BCUT2D eigenvalue weighted by atomic mass is 9.74. The van der Waals surface area contributed by atoms with Crippen LogP contribution in [0.25, 0.3) is 0 Å². The summed E-state index contributed by atoms with van der Waals surface area (Å²) in [5.41, 5.74) is 7.50. The first-order valence-corrected chi connectivity index (χ1v) is 12.9. The summed E-state index contributed by atoms with van der Waals surface area (Å²) in [6, 6.07) is 11.7. The molecule has 3 heterocycles. The van der Waals surface area contributed by atoms with Crippen molar-refractivity contribution in [3.8, 4) is 5.75 Å². The molecular formula is C30H33N5O3. The minimum absolute atomic E-state index is 0.0754. The SMILES string of the molecule is COc1ccc(C2C(C(=O)Nc3ncccc3C)=C(C)NC3=C2C(=O)CCC3)cc1Cn1nc(C)cc1C. The second-order valence-electron chi connectivity index (χ2n) is 10.0. The fourth-order valence-electron chi connectivity index (χ4n) is 5.51. The first-order chi connectivity index (χ1) is 18.3. The van der Waals surface area contributed by atoms with Crippen LogP contribution in [0.5, 0.6) is 5.75 Å². The van der Waals surface area contributed by atoms with Gasteiger partial charge >= 0.3 is 0 Å². The molecule has 8 nitrogen and oxygen atoms in total. The molecule has 0 spiro atoms. The smallest absolute Gasteiger partial charge is 0.255 e. The van der Waals surface area contributed by atoms with Crippen LogP contribution in [0.1, 0.15) is 60.2 Å². The van der Waals surface area contributed by atoms with Gasteiger partial charge in [-0.15, -0.1) is 0 Å². The van der Waals surface area contributed by atoms with Crippen LogP contribution in [-0.4, -0.2) is 33.6 Å². The van der Waals surface area contributed by atoms with Gasteiger partial charge in [0, 0.05) is 52.3 Å². The van der Waals surface area contributed by atoms with E-state index in [1.165, 1.54) is 0 Å². The highest BCUT2D eigenvalue weighted by molar-refractivity contribution is 6.09. The molecule has 0 saturated heterocycles. The number of amides is 1. The van der Waals surface area contributed by atoms with Crippen LogP contribution in [0.4, 0.5) is 5.82 Å². The van der Waals surface area contributed by atoms with Crippen molar-refractivity contribution in [2.24, 2.45) is 0 Å². The highest BCUT2D eigenvalue weighted by Gasteiger charge is 2.39. The molecule has 1 atom stereocenters. The van der Waals surface area contributed by atoms with Crippen molar-refractivity contribution in [3.63, 3.8) is 0 Å². The summed E-state index contributed by atoms with van der Waals surface area (Å²) >= 11 is 0. The number of rotatable bonds is 6. The Bertz CT molecular complexity index is 1500. The second kappa shape index (κ2) is 10.3. The number of ketones is 1. The van der Waals surface area contributed by atoms with Crippen LogP contribution < -0.4 is 15.4 Å². The van der Waals surface area contributed by atoms with Crippen molar-refractivity contribution >= 4 is 17.5 Å². The van der Waals surface area contributed by atoms with E-state index in [9.17, 15) is 9.59 Å². The molecule has 2 aliphatic rings. The lowest BCUT2D eigenvalue weighted by Crippen LogP contribution is -2.35.